The quantitative estimate of drug-likeness (QED) is 0.749. The first-order chi connectivity index (χ1) is 8.47. The molecule has 2 N–H and O–H groups in total. The molecule has 0 saturated carbocycles. The van der Waals surface area contributed by atoms with E-state index in [2.05, 4.69) is 16.8 Å². The zero-order valence-electron chi connectivity index (χ0n) is 10.8. The molecule has 1 atom stereocenters. The number of nitrogens with zero attached hydrogens (tertiary/aromatic N) is 3. The zero-order valence-corrected chi connectivity index (χ0v) is 11.7. The molecule has 0 spiro atoms. The van der Waals surface area contributed by atoms with Crippen molar-refractivity contribution < 1.29 is 8.42 Å². The Morgan fingerprint density at radius 3 is 2.61 bits per heavy atom. The van der Waals surface area contributed by atoms with Gasteiger partial charge in [-0.25, -0.2) is 8.42 Å². The molecule has 0 fully saturated rings. The minimum atomic E-state index is -3.46. The molecule has 7 heteroatoms. The Bertz CT molecular complexity index is 507. The van der Waals surface area contributed by atoms with Crippen LogP contribution in [0.4, 0.5) is 0 Å². The monoisotopic (exact) mass is 272 g/mol. The normalized spacial score (nSPS) is 13.5. The van der Waals surface area contributed by atoms with Gasteiger partial charge < -0.3 is 10.3 Å². The summed E-state index contributed by atoms with van der Waals surface area (Å²) < 4.78 is 25.5. The van der Waals surface area contributed by atoms with E-state index in [1.165, 1.54) is 6.08 Å². The van der Waals surface area contributed by atoms with Crippen molar-refractivity contribution in [1.82, 2.24) is 14.8 Å². The summed E-state index contributed by atoms with van der Waals surface area (Å²) in [6, 6.07) is -0.282. The fraction of sp³-hybridized carbons (Fsp3) is 0.636. The SMILES string of the molecule is C=CCS(=O)(=O)c1nnc(C(N)CCC)n1CC. The van der Waals surface area contributed by atoms with Gasteiger partial charge in [0.1, 0.15) is 0 Å². The highest BCUT2D eigenvalue weighted by atomic mass is 32.2. The summed E-state index contributed by atoms with van der Waals surface area (Å²) in [7, 11) is -3.46. The minimum Gasteiger partial charge on any atom is -0.321 e. The van der Waals surface area contributed by atoms with Crippen LogP contribution in [0.5, 0.6) is 0 Å². The van der Waals surface area contributed by atoms with E-state index < -0.39 is 9.84 Å². The predicted octanol–water partition coefficient (Wildman–Crippen LogP) is 1.06. The van der Waals surface area contributed by atoms with Crippen LogP contribution in [0.2, 0.25) is 0 Å². The number of hydrogen-bond acceptors (Lipinski definition) is 5. The first-order valence-corrected chi connectivity index (χ1v) is 7.65. The molecule has 0 aliphatic carbocycles. The van der Waals surface area contributed by atoms with Crippen molar-refractivity contribution in [3.05, 3.63) is 18.5 Å². The van der Waals surface area contributed by atoms with Crippen LogP contribution in [0.15, 0.2) is 17.8 Å². The van der Waals surface area contributed by atoms with E-state index in [9.17, 15) is 8.42 Å². The Balaban J connectivity index is 3.21. The van der Waals surface area contributed by atoms with Gasteiger partial charge in [0.2, 0.25) is 15.0 Å². The van der Waals surface area contributed by atoms with E-state index in [0.717, 1.165) is 12.8 Å². The number of hydrogen-bond donors (Lipinski definition) is 1. The van der Waals surface area contributed by atoms with Gasteiger partial charge in [0.05, 0.1) is 11.8 Å². The van der Waals surface area contributed by atoms with Gasteiger partial charge in [0, 0.05) is 6.54 Å². The Labute approximate surface area is 108 Å². The number of rotatable bonds is 7. The summed E-state index contributed by atoms with van der Waals surface area (Å²) in [6.45, 7) is 7.78. The summed E-state index contributed by atoms with van der Waals surface area (Å²) in [5.74, 6) is 0.385. The average molecular weight is 272 g/mol. The van der Waals surface area contributed by atoms with Crippen molar-refractivity contribution in [2.75, 3.05) is 5.75 Å². The van der Waals surface area contributed by atoms with Crippen LogP contribution in [0.3, 0.4) is 0 Å². The summed E-state index contributed by atoms with van der Waals surface area (Å²) in [4.78, 5) is 0. The third-order valence-corrected chi connectivity index (χ3v) is 4.14. The van der Waals surface area contributed by atoms with E-state index in [4.69, 9.17) is 5.73 Å². The van der Waals surface area contributed by atoms with Crippen LogP contribution in [0.25, 0.3) is 0 Å². The fourth-order valence-electron chi connectivity index (χ4n) is 1.77. The molecule has 102 valence electrons. The fourth-order valence-corrected chi connectivity index (χ4v) is 2.95. The highest BCUT2D eigenvalue weighted by Gasteiger charge is 2.24. The van der Waals surface area contributed by atoms with Gasteiger partial charge in [0.25, 0.3) is 0 Å². The summed E-state index contributed by atoms with van der Waals surface area (Å²) in [6.07, 6.45) is 3.00. The van der Waals surface area contributed by atoms with Crippen molar-refractivity contribution in [3.63, 3.8) is 0 Å². The topological polar surface area (TPSA) is 90.9 Å². The van der Waals surface area contributed by atoms with Crippen LogP contribution in [-0.4, -0.2) is 28.9 Å². The van der Waals surface area contributed by atoms with Crippen molar-refractivity contribution in [2.24, 2.45) is 5.73 Å². The standard InChI is InChI=1S/C11H20N4O2S/c1-4-7-9(12)10-13-14-11(15(10)6-3)18(16,17)8-5-2/h5,9H,2,4,6-8,12H2,1,3H3. The molecular weight excluding hydrogens is 252 g/mol. The molecule has 1 unspecified atom stereocenters. The first kappa shape index (κ1) is 14.8. The van der Waals surface area contributed by atoms with E-state index in [1.807, 2.05) is 13.8 Å². The minimum absolute atomic E-state index is 0.0218. The van der Waals surface area contributed by atoms with Gasteiger partial charge in [-0.1, -0.05) is 19.4 Å². The lowest BCUT2D eigenvalue weighted by Gasteiger charge is -2.12. The van der Waals surface area contributed by atoms with Gasteiger partial charge in [-0.3, -0.25) is 0 Å². The largest absolute Gasteiger partial charge is 0.321 e. The number of aromatic nitrogens is 3. The van der Waals surface area contributed by atoms with Gasteiger partial charge in [-0.05, 0) is 13.3 Å². The second-order valence-electron chi connectivity index (χ2n) is 4.05. The second-order valence-corrected chi connectivity index (χ2v) is 5.98. The highest BCUT2D eigenvalue weighted by Crippen LogP contribution is 2.18. The molecule has 1 aromatic rings. The molecule has 0 amide bonds. The lowest BCUT2D eigenvalue weighted by molar-refractivity contribution is 0.531. The number of sulfone groups is 1. The summed E-state index contributed by atoms with van der Waals surface area (Å²) in [5, 5.41) is 7.68. The van der Waals surface area contributed by atoms with Crippen molar-refractivity contribution >= 4 is 9.84 Å². The third kappa shape index (κ3) is 2.97. The molecule has 0 bridgehead atoms. The molecular formula is C11H20N4O2S. The zero-order chi connectivity index (χ0) is 13.8. The Hall–Kier alpha value is -1.21. The smallest absolute Gasteiger partial charge is 0.250 e. The molecule has 0 radical (unpaired) electrons. The van der Waals surface area contributed by atoms with E-state index in [-0.39, 0.29) is 17.0 Å². The van der Waals surface area contributed by atoms with Crippen LogP contribution >= 0.6 is 0 Å². The molecule has 1 heterocycles. The molecule has 1 aromatic heterocycles. The van der Waals surface area contributed by atoms with Crippen molar-refractivity contribution in [1.29, 1.82) is 0 Å². The van der Waals surface area contributed by atoms with E-state index in [1.54, 1.807) is 4.57 Å². The maximum absolute atomic E-state index is 12.0. The second kappa shape index (κ2) is 6.10. The first-order valence-electron chi connectivity index (χ1n) is 6.00. The highest BCUT2D eigenvalue weighted by molar-refractivity contribution is 7.91. The van der Waals surface area contributed by atoms with Crippen molar-refractivity contribution in [3.8, 4) is 0 Å². The molecule has 1 rings (SSSR count). The average Bonchev–Trinajstić information content (AvgIpc) is 2.73. The summed E-state index contributed by atoms with van der Waals surface area (Å²) >= 11 is 0. The van der Waals surface area contributed by atoms with E-state index >= 15 is 0 Å². The summed E-state index contributed by atoms with van der Waals surface area (Å²) in [5.41, 5.74) is 5.97. The van der Waals surface area contributed by atoms with Crippen LogP contribution < -0.4 is 5.73 Å². The lowest BCUT2D eigenvalue weighted by atomic mass is 10.2. The lowest BCUT2D eigenvalue weighted by Crippen LogP contribution is -2.19. The Morgan fingerprint density at radius 1 is 1.44 bits per heavy atom. The molecule has 6 nitrogen and oxygen atoms in total. The van der Waals surface area contributed by atoms with Crippen LogP contribution in [-0.2, 0) is 16.4 Å². The molecule has 0 saturated heterocycles. The molecule has 0 aliphatic heterocycles. The maximum atomic E-state index is 12.0. The maximum Gasteiger partial charge on any atom is 0.250 e. The molecule has 0 aromatic carbocycles. The van der Waals surface area contributed by atoms with Gasteiger partial charge in [0.15, 0.2) is 5.82 Å². The Morgan fingerprint density at radius 2 is 2.11 bits per heavy atom. The van der Waals surface area contributed by atoms with Gasteiger partial charge in [-0.15, -0.1) is 16.8 Å². The van der Waals surface area contributed by atoms with Gasteiger partial charge in [-0.2, -0.15) is 0 Å². The molecule has 18 heavy (non-hydrogen) atoms. The van der Waals surface area contributed by atoms with Crippen molar-refractivity contribution in [2.45, 2.75) is 44.4 Å². The van der Waals surface area contributed by atoms with Crippen LogP contribution in [0.1, 0.15) is 38.6 Å². The third-order valence-electron chi connectivity index (χ3n) is 2.61. The predicted molar refractivity (Wildman–Crippen MR) is 69.8 cm³/mol. The Kier molecular flexibility index (Phi) is 5.03. The van der Waals surface area contributed by atoms with Crippen LogP contribution in [0, 0.1) is 0 Å². The van der Waals surface area contributed by atoms with E-state index in [0.29, 0.717) is 12.4 Å². The molecule has 0 aliphatic rings. The van der Waals surface area contributed by atoms with Gasteiger partial charge >= 0.3 is 0 Å². The number of nitrogens with two attached hydrogens (primary N) is 1.